The topological polar surface area (TPSA) is 151 Å². The highest BCUT2D eigenvalue weighted by atomic mass is 32.1. The molecule has 0 radical (unpaired) electrons. The van der Waals surface area contributed by atoms with E-state index in [-0.39, 0.29) is 24.7 Å². The Kier molecular flexibility index (Phi) is 7.07. The van der Waals surface area contributed by atoms with Crippen LogP contribution in [0.1, 0.15) is 10.5 Å². The van der Waals surface area contributed by atoms with Gasteiger partial charge in [0, 0.05) is 40.0 Å². The van der Waals surface area contributed by atoms with Crippen LogP contribution in [-0.2, 0) is 16.1 Å². The van der Waals surface area contributed by atoms with Crippen molar-refractivity contribution in [1.82, 2.24) is 19.7 Å². The van der Waals surface area contributed by atoms with Crippen molar-refractivity contribution in [2.24, 2.45) is 5.73 Å². The van der Waals surface area contributed by atoms with Gasteiger partial charge in [0.15, 0.2) is 0 Å². The molecule has 0 aliphatic carbocycles. The van der Waals surface area contributed by atoms with E-state index in [1.807, 2.05) is 12.3 Å². The predicted octanol–water partition coefficient (Wildman–Crippen LogP) is 3.70. The molecule has 38 heavy (non-hydrogen) atoms. The van der Waals surface area contributed by atoms with Crippen LogP contribution < -0.4 is 16.8 Å². The Morgan fingerprint density at radius 1 is 1.11 bits per heavy atom. The molecule has 0 saturated carbocycles. The summed E-state index contributed by atoms with van der Waals surface area (Å²) in [7, 11) is 0. The number of thiazole rings is 1. The monoisotopic (exact) mass is 531 g/mol. The minimum absolute atomic E-state index is 0.168. The molecule has 0 aliphatic heterocycles. The summed E-state index contributed by atoms with van der Waals surface area (Å²) < 4.78 is 20.5. The molecule has 2 aromatic carbocycles. The predicted molar refractivity (Wildman–Crippen MR) is 143 cm³/mol. The number of fused-ring (bicyclic) bond motifs is 1. The fourth-order valence-electron chi connectivity index (χ4n) is 3.82. The van der Waals surface area contributed by atoms with Gasteiger partial charge in [-0.05, 0) is 42.0 Å². The van der Waals surface area contributed by atoms with Crippen LogP contribution in [0.25, 0.3) is 32.6 Å². The number of rotatable bonds is 9. The summed E-state index contributed by atoms with van der Waals surface area (Å²) in [6.07, 6.45) is 3.39. The van der Waals surface area contributed by atoms with Gasteiger partial charge in [0.1, 0.15) is 28.9 Å². The summed E-state index contributed by atoms with van der Waals surface area (Å²) in [5.74, 6) is -0.949. The van der Waals surface area contributed by atoms with Gasteiger partial charge >= 0.3 is 0 Å². The first-order valence-electron chi connectivity index (χ1n) is 11.5. The number of carbonyl (C=O) groups excluding carboxylic acids is 2. The quantitative estimate of drug-likeness (QED) is 0.245. The van der Waals surface area contributed by atoms with E-state index >= 15 is 0 Å². The first-order valence-corrected chi connectivity index (χ1v) is 12.4. The standard InChI is InChI=1S/C26H22FN7O3S/c27-18-3-1-15(2-4-18)19-11-20-17(12-34(33-20)7-8-37-13-24(29)35)9-21(19)31-25(36)22-14-38-26(32-22)16-5-6-30-23(28)10-16/h1-6,9-12,14H,7-8,13H2,(H2,28,30)(H2,29,35)(H,31,36). The van der Waals surface area contributed by atoms with Crippen LogP contribution in [0, 0.1) is 5.82 Å². The Labute approximate surface area is 220 Å². The molecule has 0 unspecified atom stereocenters. The van der Waals surface area contributed by atoms with E-state index in [2.05, 4.69) is 20.4 Å². The second-order valence-electron chi connectivity index (χ2n) is 8.34. The molecule has 3 heterocycles. The number of nitrogens with one attached hydrogen (secondary N) is 1. The number of anilines is 2. The van der Waals surface area contributed by atoms with Gasteiger partial charge in [-0.2, -0.15) is 5.10 Å². The number of nitrogens with two attached hydrogens (primary N) is 2. The number of hydrogen-bond donors (Lipinski definition) is 3. The van der Waals surface area contributed by atoms with Crippen LogP contribution in [0.15, 0.2) is 66.3 Å². The Balaban J connectivity index is 1.44. The molecule has 0 bridgehead atoms. The third kappa shape index (κ3) is 5.66. The number of nitrogen functional groups attached to an aromatic ring is 1. The molecule has 0 atom stereocenters. The zero-order valence-corrected chi connectivity index (χ0v) is 20.7. The van der Waals surface area contributed by atoms with Gasteiger partial charge in [0.2, 0.25) is 5.91 Å². The summed E-state index contributed by atoms with van der Waals surface area (Å²) >= 11 is 1.32. The van der Waals surface area contributed by atoms with Gasteiger partial charge in [-0.15, -0.1) is 11.3 Å². The van der Waals surface area contributed by atoms with Crippen molar-refractivity contribution in [3.05, 3.63) is 77.8 Å². The number of halogens is 1. The lowest BCUT2D eigenvalue weighted by molar-refractivity contribution is -0.122. The van der Waals surface area contributed by atoms with Crippen molar-refractivity contribution in [3.8, 4) is 21.7 Å². The molecular weight excluding hydrogens is 509 g/mol. The normalized spacial score (nSPS) is 11.1. The average molecular weight is 532 g/mol. The molecule has 12 heteroatoms. The summed E-state index contributed by atoms with van der Waals surface area (Å²) in [4.78, 5) is 32.5. The van der Waals surface area contributed by atoms with E-state index in [9.17, 15) is 14.0 Å². The van der Waals surface area contributed by atoms with Crippen LogP contribution in [0.2, 0.25) is 0 Å². The Morgan fingerprint density at radius 2 is 1.92 bits per heavy atom. The number of aromatic nitrogens is 4. The van der Waals surface area contributed by atoms with Gasteiger partial charge in [0.25, 0.3) is 5.91 Å². The van der Waals surface area contributed by atoms with Crippen molar-refractivity contribution >= 4 is 45.6 Å². The van der Waals surface area contributed by atoms with Crippen LogP contribution >= 0.6 is 11.3 Å². The lowest BCUT2D eigenvalue weighted by Gasteiger charge is -2.11. The Bertz CT molecular complexity index is 1630. The van der Waals surface area contributed by atoms with E-state index in [4.69, 9.17) is 16.2 Å². The first-order chi connectivity index (χ1) is 18.4. The van der Waals surface area contributed by atoms with Crippen molar-refractivity contribution in [1.29, 1.82) is 0 Å². The van der Waals surface area contributed by atoms with Gasteiger partial charge < -0.3 is 21.5 Å². The molecule has 5 N–H and O–H groups in total. The van der Waals surface area contributed by atoms with Gasteiger partial charge in [-0.3, -0.25) is 14.3 Å². The molecule has 3 aromatic heterocycles. The molecule has 0 spiro atoms. The van der Waals surface area contributed by atoms with Gasteiger partial charge in [-0.25, -0.2) is 14.4 Å². The SMILES string of the molecule is NC(=O)COCCn1cc2cc(NC(=O)c3csc(-c4ccnc(N)c4)n3)c(-c3ccc(F)cc3)cc2n1. The number of hydrogen-bond acceptors (Lipinski definition) is 8. The summed E-state index contributed by atoms with van der Waals surface area (Å²) in [5, 5.41) is 10.6. The number of pyridine rings is 1. The summed E-state index contributed by atoms with van der Waals surface area (Å²) in [6.45, 7) is 0.482. The zero-order valence-electron chi connectivity index (χ0n) is 19.9. The molecule has 5 aromatic rings. The van der Waals surface area contributed by atoms with Crippen molar-refractivity contribution in [3.63, 3.8) is 0 Å². The van der Waals surface area contributed by atoms with Crippen LogP contribution in [0.3, 0.4) is 0 Å². The minimum Gasteiger partial charge on any atom is -0.384 e. The van der Waals surface area contributed by atoms with Crippen molar-refractivity contribution in [2.75, 3.05) is 24.3 Å². The number of ether oxygens (including phenoxy) is 1. The Hall–Kier alpha value is -4.68. The third-order valence-corrected chi connectivity index (χ3v) is 6.46. The maximum atomic E-state index is 13.6. The van der Waals surface area contributed by atoms with E-state index in [1.165, 1.54) is 23.5 Å². The highest BCUT2D eigenvalue weighted by Gasteiger charge is 2.17. The Morgan fingerprint density at radius 3 is 2.68 bits per heavy atom. The molecule has 0 aliphatic rings. The molecule has 192 valence electrons. The molecule has 0 fully saturated rings. The van der Waals surface area contributed by atoms with E-state index in [0.29, 0.717) is 39.7 Å². The fourth-order valence-corrected chi connectivity index (χ4v) is 4.62. The number of amides is 2. The summed E-state index contributed by atoms with van der Waals surface area (Å²) in [5.41, 5.74) is 14.4. The molecule has 10 nitrogen and oxygen atoms in total. The van der Waals surface area contributed by atoms with Crippen LogP contribution in [0.4, 0.5) is 15.9 Å². The average Bonchev–Trinajstić information content (AvgIpc) is 3.54. The minimum atomic E-state index is -0.544. The van der Waals surface area contributed by atoms with E-state index in [0.717, 1.165) is 10.9 Å². The highest BCUT2D eigenvalue weighted by Crippen LogP contribution is 2.33. The lowest BCUT2D eigenvalue weighted by atomic mass is 10.0. The largest absolute Gasteiger partial charge is 0.384 e. The summed E-state index contributed by atoms with van der Waals surface area (Å²) in [6, 6.07) is 13.1. The highest BCUT2D eigenvalue weighted by molar-refractivity contribution is 7.13. The number of primary amides is 1. The van der Waals surface area contributed by atoms with Crippen LogP contribution in [-0.4, -0.2) is 44.8 Å². The van der Waals surface area contributed by atoms with Crippen molar-refractivity contribution in [2.45, 2.75) is 6.54 Å². The van der Waals surface area contributed by atoms with Crippen molar-refractivity contribution < 1.29 is 18.7 Å². The number of nitrogens with zero attached hydrogens (tertiary/aromatic N) is 4. The first kappa shape index (κ1) is 25.0. The third-order valence-electron chi connectivity index (χ3n) is 5.57. The number of benzene rings is 2. The van der Waals surface area contributed by atoms with Gasteiger partial charge in [-0.1, -0.05) is 12.1 Å². The maximum Gasteiger partial charge on any atom is 0.275 e. The lowest BCUT2D eigenvalue weighted by Crippen LogP contribution is -2.19. The smallest absolute Gasteiger partial charge is 0.275 e. The van der Waals surface area contributed by atoms with Gasteiger partial charge in [0.05, 0.1) is 18.7 Å². The van der Waals surface area contributed by atoms with Crippen LogP contribution in [0.5, 0.6) is 0 Å². The maximum absolute atomic E-state index is 13.6. The fraction of sp³-hybridized carbons (Fsp3) is 0.115. The zero-order chi connectivity index (χ0) is 26.6. The van der Waals surface area contributed by atoms with E-state index in [1.54, 1.807) is 46.6 Å². The molecule has 2 amide bonds. The molecular formula is C26H22FN7O3S. The second-order valence-corrected chi connectivity index (χ2v) is 9.19. The number of carbonyl (C=O) groups is 2. The molecule has 5 rings (SSSR count). The molecule has 0 saturated heterocycles. The second kappa shape index (κ2) is 10.7. The van der Waals surface area contributed by atoms with E-state index < -0.39 is 11.8 Å².